The molecule has 5 heteroatoms. The first-order chi connectivity index (χ1) is 12.1. The molecule has 130 valence electrons. The summed E-state index contributed by atoms with van der Waals surface area (Å²) in [4.78, 5) is 28.9. The van der Waals surface area contributed by atoms with Crippen molar-refractivity contribution in [2.45, 2.75) is 6.61 Å². The third-order valence-corrected chi connectivity index (χ3v) is 4.35. The molecule has 5 nitrogen and oxygen atoms in total. The number of esters is 1. The Balaban J connectivity index is 1.64. The third kappa shape index (κ3) is 4.45. The number of likely N-dealkylation sites (N-methyl/N-ethyl adjacent to an activating group) is 1. The van der Waals surface area contributed by atoms with Crippen molar-refractivity contribution in [1.82, 2.24) is 9.80 Å². The van der Waals surface area contributed by atoms with Gasteiger partial charge in [0.1, 0.15) is 6.61 Å². The second-order valence-corrected chi connectivity index (χ2v) is 6.24. The Bertz CT molecular complexity index is 738. The number of amides is 1. The molecule has 0 saturated carbocycles. The van der Waals surface area contributed by atoms with Crippen molar-refractivity contribution >= 4 is 11.9 Å². The second kappa shape index (κ2) is 7.94. The Kier molecular flexibility index (Phi) is 5.46. The minimum atomic E-state index is -0.420. The monoisotopic (exact) mass is 338 g/mol. The predicted octanol–water partition coefficient (Wildman–Crippen LogP) is 2.43. The topological polar surface area (TPSA) is 49.9 Å². The van der Waals surface area contributed by atoms with Crippen LogP contribution in [-0.4, -0.2) is 54.9 Å². The lowest BCUT2D eigenvalue weighted by Crippen LogP contribution is -2.47. The first kappa shape index (κ1) is 17.2. The van der Waals surface area contributed by atoms with E-state index in [1.807, 2.05) is 42.3 Å². The Morgan fingerprint density at radius 3 is 2.32 bits per heavy atom. The number of rotatable bonds is 4. The summed E-state index contributed by atoms with van der Waals surface area (Å²) in [6, 6.07) is 16.3. The number of ether oxygens (including phenoxy) is 1. The van der Waals surface area contributed by atoms with Crippen LogP contribution in [0.25, 0.3) is 0 Å². The molecule has 0 unspecified atom stereocenters. The molecule has 0 bridgehead atoms. The Labute approximate surface area is 147 Å². The number of hydrogen-bond acceptors (Lipinski definition) is 4. The molecule has 0 spiro atoms. The average molecular weight is 338 g/mol. The third-order valence-electron chi connectivity index (χ3n) is 4.35. The van der Waals surface area contributed by atoms with Crippen molar-refractivity contribution in [1.29, 1.82) is 0 Å². The van der Waals surface area contributed by atoms with Crippen LogP contribution >= 0.6 is 0 Å². The number of benzene rings is 2. The summed E-state index contributed by atoms with van der Waals surface area (Å²) in [5.41, 5.74) is 1.86. The van der Waals surface area contributed by atoms with Gasteiger partial charge in [0.25, 0.3) is 5.91 Å². The lowest BCUT2D eigenvalue weighted by Gasteiger charge is -2.32. The van der Waals surface area contributed by atoms with E-state index in [0.717, 1.165) is 18.7 Å². The number of carbonyl (C=O) groups excluding carboxylic acids is 2. The van der Waals surface area contributed by atoms with Gasteiger partial charge in [-0.15, -0.1) is 0 Å². The summed E-state index contributed by atoms with van der Waals surface area (Å²) in [5, 5.41) is 0. The molecule has 25 heavy (non-hydrogen) atoms. The number of hydrogen-bond donors (Lipinski definition) is 0. The molecule has 1 aliphatic rings. The molecular formula is C20H22N2O3. The highest BCUT2D eigenvalue weighted by molar-refractivity contribution is 5.98. The fourth-order valence-corrected chi connectivity index (χ4v) is 2.78. The van der Waals surface area contributed by atoms with E-state index in [4.69, 9.17) is 4.74 Å². The number of nitrogens with zero attached hydrogens (tertiary/aromatic N) is 2. The van der Waals surface area contributed by atoms with Gasteiger partial charge in [-0.2, -0.15) is 0 Å². The molecule has 1 fully saturated rings. The molecule has 2 aromatic carbocycles. The number of carbonyl (C=O) groups is 2. The van der Waals surface area contributed by atoms with E-state index in [0.29, 0.717) is 24.2 Å². The highest BCUT2D eigenvalue weighted by atomic mass is 16.5. The molecule has 1 amide bonds. The first-order valence-corrected chi connectivity index (χ1v) is 8.42. The van der Waals surface area contributed by atoms with Gasteiger partial charge in [0.2, 0.25) is 0 Å². The Morgan fingerprint density at radius 1 is 0.920 bits per heavy atom. The second-order valence-electron chi connectivity index (χ2n) is 6.24. The normalized spacial score (nSPS) is 15.0. The average Bonchev–Trinajstić information content (AvgIpc) is 2.67. The van der Waals surface area contributed by atoms with Crippen LogP contribution in [0.15, 0.2) is 54.6 Å². The summed E-state index contributed by atoms with van der Waals surface area (Å²) in [7, 11) is 2.05. The standard InChI is InChI=1S/C20H22N2O3/c1-21-10-12-22(13-11-21)19(23)17-8-5-9-18(14-17)20(24)25-15-16-6-3-2-4-7-16/h2-9,14H,10-13,15H2,1H3. The van der Waals surface area contributed by atoms with E-state index in [9.17, 15) is 9.59 Å². The van der Waals surface area contributed by atoms with E-state index < -0.39 is 5.97 Å². The van der Waals surface area contributed by atoms with Crippen molar-refractivity contribution in [3.63, 3.8) is 0 Å². The largest absolute Gasteiger partial charge is 0.457 e. The van der Waals surface area contributed by atoms with Gasteiger partial charge >= 0.3 is 5.97 Å². The molecule has 2 aromatic rings. The smallest absolute Gasteiger partial charge is 0.338 e. The molecule has 0 aliphatic carbocycles. The molecule has 0 N–H and O–H groups in total. The maximum Gasteiger partial charge on any atom is 0.338 e. The summed E-state index contributed by atoms with van der Waals surface area (Å²) in [6.45, 7) is 3.36. The Morgan fingerprint density at radius 2 is 1.60 bits per heavy atom. The van der Waals surface area contributed by atoms with Gasteiger partial charge in [-0.25, -0.2) is 4.79 Å². The molecule has 0 aromatic heterocycles. The lowest BCUT2D eigenvalue weighted by molar-refractivity contribution is 0.0472. The summed E-state index contributed by atoms with van der Waals surface area (Å²) < 4.78 is 5.34. The van der Waals surface area contributed by atoms with Crippen molar-refractivity contribution in [2.75, 3.05) is 33.2 Å². The predicted molar refractivity (Wildman–Crippen MR) is 95.4 cm³/mol. The lowest BCUT2D eigenvalue weighted by atomic mass is 10.1. The van der Waals surface area contributed by atoms with Crippen molar-refractivity contribution < 1.29 is 14.3 Å². The maximum absolute atomic E-state index is 12.6. The van der Waals surface area contributed by atoms with Crippen LogP contribution in [0.5, 0.6) is 0 Å². The Hall–Kier alpha value is -2.66. The van der Waals surface area contributed by atoms with Gasteiger partial charge in [-0.1, -0.05) is 36.4 Å². The maximum atomic E-state index is 12.6. The van der Waals surface area contributed by atoms with Crippen LogP contribution in [0.3, 0.4) is 0 Å². The van der Waals surface area contributed by atoms with E-state index in [1.165, 1.54) is 0 Å². The van der Waals surface area contributed by atoms with E-state index in [-0.39, 0.29) is 12.5 Å². The van der Waals surface area contributed by atoms with Crippen LogP contribution in [0.4, 0.5) is 0 Å². The fraction of sp³-hybridized carbons (Fsp3) is 0.300. The minimum absolute atomic E-state index is 0.0363. The molecule has 0 atom stereocenters. The van der Waals surface area contributed by atoms with Gasteiger partial charge in [0.15, 0.2) is 0 Å². The van der Waals surface area contributed by atoms with Crippen molar-refractivity contribution in [3.05, 3.63) is 71.3 Å². The molecule has 1 saturated heterocycles. The van der Waals surface area contributed by atoms with Crippen LogP contribution in [0.1, 0.15) is 26.3 Å². The molecular weight excluding hydrogens is 316 g/mol. The van der Waals surface area contributed by atoms with Crippen LogP contribution in [0.2, 0.25) is 0 Å². The zero-order chi connectivity index (χ0) is 17.6. The van der Waals surface area contributed by atoms with Crippen LogP contribution in [-0.2, 0) is 11.3 Å². The molecule has 0 radical (unpaired) electrons. The number of piperazine rings is 1. The van der Waals surface area contributed by atoms with E-state index in [1.54, 1.807) is 24.3 Å². The quantitative estimate of drug-likeness (QED) is 0.804. The molecule has 1 heterocycles. The highest BCUT2D eigenvalue weighted by Gasteiger charge is 2.21. The van der Waals surface area contributed by atoms with Gasteiger partial charge in [0, 0.05) is 31.7 Å². The fourth-order valence-electron chi connectivity index (χ4n) is 2.78. The zero-order valence-electron chi connectivity index (χ0n) is 14.4. The van der Waals surface area contributed by atoms with Crippen LogP contribution in [0, 0.1) is 0 Å². The molecule has 1 aliphatic heterocycles. The summed E-state index contributed by atoms with van der Waals surface area (Å²) in [5.74, 6) is -0.456. The summed E-state index contributed by atoms with van der Waals surface area (Å²) >= 11 is 0. The highest BCUT2D eigenvalue weighted by Crippen LogP contribution is 2.12. The molecule has 3 rings (SSSR count). The van der Waals surface area contributed by atoms with Crippen LogP contribution < -0.4 is 0 Å². The van der Waals surface area contributed by atoms with Gasteiger partial charge in [0.05, 0.1) is 5.56 Å². The van der Waals surface area contributed by atoms with Gasteiger partial charge < -0.3 is 14.5 Å². The van der Waals surface area contributed by atoms with Gasteiger partial charge in [-0.3, -0.25) is 4.79 Å². The van der Waals surface area contributed by atoms with E-state index in [2.05, 4.69) is 4.90 Å². The first-order valence-electron chi connectivity index (χ1n) is 8.42. The van der Waals surface area contributed by atoms with Crippen molar-refractivity contribution in [2.24, 2.45) is 0 Å². The van der Waals surface area contributed by atoms with E-state index >= 15 is 0 Å². The van der Waals surface area contributed by atoms with Crippen molar-refractivity contribution in [3.8, 4) is 0 Å². The minimum Gasteiger partial charge on any atom is -0.457 e. The summed E-state index contributed by atoms with van der Waals surface area (Å²) in [6.07, 6.45) is 0. The SMILES string of the molecule is CN1CCN(C(=O)c2cccc(C(=O)OCc3ccccc3)c2)CC1. The van der Waals surface area contributed by atoms with Gasteiger partial charge in [-0.05, 0) is 30.8 Å². The zero-order valence-corrected chi connectivity index (χ0v) is 14.4.